The molecule has 7 nitrogen and oxygen atoms in total. The van der Waals surface area contributed by atoms with Crippen molar-refractivity contribution in [3.63, 3.8) is 0 Å². The molecule has 0 saturated carbocycles. The predicted octanol–water partition coefficient (Wildman–Crippen LogP) is 2.76. The fourth-order valence-corrected chi connectivity index (χ4v) is 3.08. The van der Waals surface area contributed by atoms with E-state index in [1.807, 2.05) is 37.3 Å². The van der Waals surface area contributed by atoms with Crippen molar-refractivity contribution in [2.24, 2.45) is 0 Å². The first-order valence-electron chi connectivity index (χ1n) is 8.46. The molecule has 3 heterocycles. The lowest BCUT2D eigenvalue weighted by molar-refractivity contribution is 0.0932. The number of hydrogen-bond donors (Lipinski definition) is 1. The van der Waals surface area contributed by atoms with Crippen molar-refractivity contribution in [2.75, 3.05) is 0 Å². The molecule has 0 radical (unpaired) electrons. The van der Waals surface area contributed by atoms with E-state index in [-0.39, 0.29) is 17.6 Å². The van der Waals surface area contributed by atoms with E-state index in [1.54, 1.807) is 0 Å². The number of fused-ring (bicyclic) bond motifs is 1. The average Bonchev–Trinajstić information content (AvgIpc) is 3.30. The molecule has 3 aromatic rings. The molecule has 0 fully saturated rings. The molecule has 25 heavy (non-hydrogen) atoms. The van der Waals surface area contributed by atoms with Crippen molar-refractivity contribution >= 4 is 5.91 Å². The molecule has 1 N–H and O–H groups in total. The summed E-state index contributed by atoms with van der Waals surface area (Å²) in [6, 6.07) is 9.24. The summed E-state index contributed by atoms with van der Waals surface area (Å²) >= 11 is 0. The molecule has 1 aromatic carbocycles. The maximum atomic E-state index is 12.5. The van der Waals surface area contributed by atoms with Crippen LogP contribution in [0.4, 0.5) is 0 Å². The van der Waals surface area contributed by atoms with Gasteiger partial charge in [-0.2, -0.15) is 0 Å². The van der Waals surface area contributed by atoms with E-state index in [0.717, 1.165) is 43.0 Å². The van der Waals surface area contributed by atoms with Crippen molar-refractivity contribution in [1.82, 2.24) is 25.1 Å². The number of benzene rings is 1. The summed E-state index contributed by atoms with van der Waals surface area (Å²) in [5.74, 6) is 1.93. The summed E-state index contributed by atoms with van der Waals surface area (Å²) < 4.78 is 7.53. The maximum absolute atomic E-state index is 12.5. The molecule has 0 saturated heterocycles. The van der Waals surface area contributed by atoms with E-state index in [2.05, 4.69) is 25.1 Å². The lowest BCUT2D eigenvalue weighted by atomic mass is 10.1. The molecule has 2 aromatic heterocycles. The van der Waals surface area contributed by atoms with Gasteiger partial charge in [-0.25, -0.2) is 4.98 Å². The average molecular weight is 337 g/mol. The Bertz CT molecular complexity index is 884. The van der Waals surface area contributed by atoms with Gasteiger partial charge in [-0.3, -0.25) is 4.79 Å². The van der Waals surface area contributed by atoms with Gasteiger partial charge in [-0.15, -0.1) is 10.2 Å². The summed E-state index contributed by atoms with van der Waals surface area (Å²) in [6.07, 6.45) is 4.57. The van der Waals surface area contributed by atoms with Gasteiger partial charge in [-0.1, -0.05) is 18.2 Å². The SMILES string of the molecule is CC(NC(=O)c1coc(-c2ccccc2)n1)c1nnc2n1CCCC2. The molecular weight excluding hydrogens is 318 g/mol. The summed E-state index contributed by atoms with van der Waals surface area (Å²) in [7, 11) is 0. The van der Waals surface area contributed by atoms with Crippen molar-refractivity contribution in [1.29, 1.82) is 0 Å². The first-order valence-corrected chi connectivity index (χ1v) is 8.46. The Morgan fingerprint density at radius 2 is 2.08 bits per heavy atom. The molecule has 1 amide bonds. The van der Waals surface area contributed by atoms with Crippen molar-refractivity contribution < 1.29 is 9.21 Å². The van der Waals surface area contributed by atoms with E-state index in [0.29, 0.717) is 5.89 Å². The lowest BCUT2D eigenvalue weighted by Crippen LogP contribution is -2.29. The normalized spacial score (nSPS) is 14.8. The molecule has 128 valence electrons. The third kappa shape index (κ3) is 3.05. The van der Waals surface area contributed by atoms with Crippen LogP contribution in [-0.2, 0) is 13.0 Å². The van der Waals surface area contributed by atoms with Crippen LogP contribution >= 0.6 is 0 Å². The summed E-state index contributed by atoms with van der Waals surface area (Å²) in [4.78, 5) is 16.8. The van der Waals surface area contributed by atoms with Crippen LogP contribution in [0.1, 0.15) is 47.9 Å². The third-order valence-electron chi connectivity index (χ3n) is 4.38. The first-order chi connectivity index (χ1) is 12.2. The number of oxazole rings is 1. The number of carbonyl (C=O) groups is 1. The highest BCUT2D eigenvalue weighted by molar-refractivity contribution is 5.92. The minimum atomic E-state index is -0.286. The van der Waals surface area contributed by atoms with Crippen LogP contribution < -0.4 is 5.32 Å². The summed E-state index contributed by atoms with van der Waals surface area (Å²) in [5.41, 5.74) is 1.09. The van der Waals surface area contributed by atoms with Crippen LogP contribution in [0.5, 0.6) is 0 Å². The second kappa shape index (κ2) is 6.51. The van der Waals surface area contributed by atoms with Crippen LogP contribution in [0.3, 0.4) is 0 Å². The number of aromatic nitrogens is 4. The molecule has 0 bridgehead atoms. The Balaban J connectivity index is 1.49. The molecule has 7 heteroatoms. The van der Waals surface area contributed by atoms with Crippen molar-refractivity contribution in [3.8, 4) is 11.5 Å². The monoisotopic (exact) mass is 337 g/mol. The number of rotatable bonds is 4. The summed E-state index contributed by atoms with van der Waals surface area (Å²) in [5, 5.41) is 11.4. The van der Waals surface area contributed by atoms with Gasteiger partial charge in [0.25, 0.3) is 5.91 Å². The molecule has 0 spiro atoms. The molecular formula is C18H19N5O2. The zero-order valence-corrected chi connectivity index (χ0v) is 14.0. The lowest BCUT2D eigenvalue weighted by Gasteiger charge is -2.18. The van der Waals surface area contributed by atoms with Gasteiger partial charge in [-0.05, 0) is 31.9 Å². The minimum Gasteiger partial charge on any atom is -0.444 e. The third-order valence-corrected chi connectivity index (χ3v) is 4.38. The standard InChI is InChI=1S/C18H19N5O2/c1-12(16-22-21-15-9-5-6-10-23(15)16)19-17(24)14-11-25-18(20-14)13-7-3-2-4-8-13/h2-4,7-8,11-12H,5-6,9-10H2,1H3,(H,19,24). The fraction of sp³-hybridized carbons (Fsp3) is 0.333. The number of carbonyl (C=O) groups excluding carboxylic acids is 1. The summed E-state index contributed by atoms with van der Waals surface area (Å²) in [6.45, 7) is 2.81. The van der Waals surface area contributed by atoms with Gasteiger partial charge in [0.2, 0.25) is 5.89 Å². The second-order valence-electron chi connectivity index (χ2n) is 6.18. The highest BCUT2D eigenvalue weighted by Crippen LogP contribution is 2.20. The first kappa shape index (κ1) is 15.6. The second-order valence-corrected chi connectivity index (χ2v) is 6.18. The van der Waals surface area contributed by atoms with Gasteiger partial charge in [0.1, 0.15) is 12.1 Å². The number of amides is 1. The Kier molecular flexibility index (Phi) is 4.05. The van der Waals surface area contributed by atoms with Crippen LogP contribution in [0.25, 0.3) is 11.5 Å². The van der Waals surface area contributed by atoms with E-state index in [1.165, 1.54) is 6.26 Å². The number of nitrogens with one attached hydrogen (secondary N) is 1. The number of hydrogen-bond acceptors (Lipinski definition) is 5. The van der Waals surface area contributed by atoms with E-state index in [9.17, 15) is 4.79 Å². The van der Waals surface area contributed by atoms with Gasteiger partial charge >= 0.3 is 0 Å². The van der Waals surface area contributed by atoms with Crippen LogP contribution in [0.15, 0.2) is 41.0 Å². The fourth-order valence-electron chi connectivity index (χ4n) is 3.08. The largest absolute Gasteiger partial charge is 0.444 e. The van der Waals surface area contributed by atoms with E-state index < -0.39 is 0 Å². The van der Waals surface area contributed by atoms with Gasteiger partial charge < -0.3 is 14.3 Å². The molecule has 1 aliphatic rings. The van der Waals surface area contributed by atoms with Crippen molar-refractivity contribution in [3.05, 3.63) is 53.9 Å². The Hall–Kier alpha value is -2.96. The van der Waals surface area contributed by atoms with Crippen LogP contribution in [0, 0.1) is 0 Å². The van der Waals surface area contributed by atoms with Gasteiger partial charge in [0, 0.05) is 18.5 Å². The quantitative estimate of drug-likeness (QED) is 0.791. The van der Waals surface area contributed by atoms with Crippen molar-refractivity contribution in [2.45, 2.75) is 38.8 Å². The predicted molar refractivity (Wildman–Crippen MR) is 90.8 cm³/mol. The van der Waals surface area contributed by atoms with Gasteiger partial charge in [0.05, 0.1) is 6.04 Å². The zero-order chi connectivity index (χ0) is 17.2. The maximum Gasteiger partial charge on any atom is 0.273 e. The molecule has 1 aliphatic heterocycles. The molecule has 1 atom stereocenters. The van der Waals surface area contributed by atoms with Crippen LogP contribution in [0.2, 0.25) is 0 Å². The Labute approximate surface area is 145 Å². The highest BCUT2D eigenvalue weighted by Gasteiger charge is 2.23. The number of nitrogens with zero attached hydrogens (tertiary/aromatic N) is 4. The molecule has 1 unspecified atom stereocenters. The number of aryl methyl sites for hydroxylation is 1. The Morgan fingerprint density at radius 3 is 2.92 bits per heavy atom. The zero-order valence-electron chi connectivity index (χ0n) is 14.0. The van der Waals surface area contributed by atoms with E-state index in [4.69, 9.17) is 4.42 Å². The van der Waals surface area contributed by atoms with Crippen LogP contribution in [-0.4, -0.2) is 25.7 Å². The topological polar surface area (TPSA) is 85.8 Å². The Morgan fingerprint density at radius 1 is 1.24 bits per heavy atom. The molecule has 0 aliphatic carbocycles. The molecule has 4 rings (SSSR count). The highest BCUT2D eigenvalue weighted by atomic mass is 16.3. The van der Waals surface area contributed by atoms with E-state index >= 15 is 0 Å². The minimum absolute atomic E-state index is 0.247. The smallest absolute Gasteiger partial charge is 0.273 e. The van der Waals surface area contributed by atoms with Gasteiger partial charge in [0.15, 0.2) is 11.5 Å².